The lowest BCUT2D eigenvalue weighted by atomic mass is 9.86. The Morgan fingerprint density at radius 1 is 1.24 bits per heavy atom. The average molecular weight is 330 g/mol. The van der Waals surface area contributed by atoms with E-state index in [1.54, 1.807) is 24.3 Å². The van der Waals surface area contributed by atoms with Gasteiger partial charge in [0.15, 0.2) is 5.11 Å². The minimum Gasteiger partial charge on any atom is -0.359 e. The first-order valence-electron chi connectivity index (χ1n) is 7.17. The van der Waals surface area contributed by atoms with Crippen molar-refractivity contribution < 1.29 is 8.78 Å². The molecule has 0 unspecified atom stereocenters. The quantitative estimate of drug-likeness (QED) is 0.608. The number of halogens is 2. The van der Waals surface area contributed by atoms with Crippen molar-refractivity contribution in [2.24, 2.45) is 5.92 Å². The molecule has 1 aliphatic carbocycles. The molecular formula is C15H20F2N2S2. The Balaban J connectivity index is 1.84. The molecular weight excluding hydrogens is 310 g/mol. The van der Waals surface area contributed by atoms with Gasteiger partial charge in [0.25, 0.3) is 5.76 Å². The molecule has 1 aromatic rings. The molecule has 6 heteroatoms. The molecule has 0 bridgehead atoms. The number of nitrogens with one attached hydrogen (secondary N) is 2. The molecule has 2 N–H and O–H groups in total. The monoisotopic (exact) mass is 330 g/mol. The van der Waals surface area contributed by atoms with E-state index in [0.29, 0.717) is 33.7 Å². The van der Waals surface area contributed by atoms with Crippen molar-refractivity contribution in [2.45, 2.75) is 49.3 Å². The number of alkyl halides is 2. The molecule has 2 rings (SSSR count). The fourth-order valence-electron chi connectivity index (χ4n) is 2.59. The zero-order valence-electron chi connectivity index (χ0n) is 11.9. The van der Waals surface area contributed by atoms with Gasteiger partial charge in [0, 0.05) is 16.6 Å². The first-order chi connectivity index (χ1) is 10.0. The van der Waals surface area contributed by atoms with E-state index in [-0.39, 0.29) is 0 Å². The number of benzene rings is 1. The average Bonchev–Trinajstić information content (AvgIpc) is 2.43. The number of hydrogen-bond donors (Lipinski definition) is 2. The fourth-order valence-corrected chi connectivity index (χ4v) is 3.35. The molecule has 116 valence electrons. The Hall–Kier alpha value is -0.880. The second-order valence-corrected chi connectivity index (χ2v) is 6.84. The maximum atomic E-state index is 12.2. The second-order valence-electron chi connectivity index (χ2n) is 5.37. The summed E-state index contributed by atoms with van der Waals surface area (Å²) < 4.78 is 24.5. The van der Waals surface area contributed by atoms with E-state index >= 15 is 0 Å². The molecule has 21 heavy (non-hydrogen) atoms. The molecule has 1 fully saturated rings. The van der Waals surface area contributed by atoms with E-state index in [0.717, 1.165) is 12.1 Å². The summed E-state index contributed by atoms with van der Waals surface area (Å²) in [6.45, 7) is 2.25. The largest absolute Gasteiger partial charge is 0.359 e. The van der Waals surface area contributed by atoms with Crippen molar-refractivity contribution in [1.29, 1.82) is 0 Å². The maximum absolute atomic E-state index is 12.2. The van der Waals surface area contributed by atoms with Gasteiger partial charge in [0.05, 0.1) is 0 Å². The van der Waals surface area contributed by atoms with Crippen LogP contribution < -0.4 is 10.6 Å². The number of thiocarbonyl (C=S) groups is 1. The van der Waals surface area contributed by atoms with Crippen molar-refractivity contribution in [3.8, 4) is 0 Å². The van der Waals surface area contributed by atoms with Crippen LogP contribution >= 0.6 is 24.0 Å². The number of thioether (sulfide) groups is 1. The first-order valence-corrected chi connectivity index (χ1v) is 8.46. The molecule has 2 atom stereocenters. The topological polar surface area (TPSA) is 24.1 Å². The van der Waals surface area contributed by atoms with Gasteiger partial charge in [0.1, 0.15) is 0 Å². The van der Waals surface area contributed by atoms with Gasteiger partial charge < -0.3 is 10.6 Å². The lowest BCUT2D eigenvalue weighted by Crippen LogP contribution is -2.43. The highest BCUT2D eigenvalue weighted by Gasteiger charge is 2.21. The predicted octanol–water partition coefficient (Wildman–Crippen LogP) is 4.87. The molecule has 0 aliphatic heterocycles. The molecule has 0 aromatic heterocycles. The van der Waals surface area contributed by atoms with Crippen molar-refractivity contribution in [2.75, 3.05) is 5.32 Å². The van der Waals surface area contributed by atoms with Gasteiger partial charge in [-0.1, -0.05) is 31.5 Å². The van der Waals surface area contributed by atoms with Gasteiger partial charge in [0.2, 0.25) is 0 Å². The highest BCUT2D eigenvalue weighted by molar-refractivity contribution is 7.99. The Morgan fingerprint density at radius 2 is 1.90 bits per heavy atom. The molecule has 0 amide bonds. The summed E-state index contributed by atoms with van der Waals surface area (Å²) in [5, 5.41) is 7.07. The number of anilines is 1. The smallest absolute Gasteiger partial charge is 0.288 e. The normalized spacial score (nSPS) is 22.1. The molecule has 2 nitrogen and oxygen atoms in total. The van der Waals surface area contributed by atoms with Crippen molar-refractivity contribution in [3.63, 3.8) is 0 Å². The van der Waals surface area contributed by atoms with Gasteiger partial charge in [-0.05, 0) is 55.2 Å². The van der Waals surface area contributed by atoms with Gasteiger partial charge >= 0.3 is 0 Å². The highest BCUT2D eigenvalue weighted by Crippen LogP contribution is 2.26. The fraction of sp³-hybridized carbons (Fsp3) is 0.533. The molecule has 1 saturated carbocycles. The van der Waals surface area contributed by atoms with Crippen LogP contribution in [0.4, 0.5) is 14.5 Å². The van der Waals surface area contributed by atoms with E-state index in [2.05, 4.69) is 17.6 Å². The van der Waals surface area contributed by atoms with Gasteiger partial charge in [-0.2, -0.15) is 8.78 Å². The summed E-state index contributed by atoms with van der Waals surface area (Å²) in [5.74, 6) is -1.76. The zero-order valence-corrected chi connectivity index (χ0v) is 13.6. The SMILES string of the molecule is C[C@H]1CCCC[C@H]1NC(=S)Nc1ccc(SC(F)F)cc1. The maximum Gasteiger partial charge on any atom is 0.288 e. The van der Waals surface area contributed by atoms with E-state index in [1.807, 2.05) is 0 Å². The first kappa shape index (κ1) is 16.5. The summed E-state index contributed by atoms with van der Waals surface area (Å²) in [6.07, 6.45) is 4.92. The Labute approximate surface area is 134 Å². The van der Waals surface area contributed by atoms with Crippen molar-refractivity contribution in [3.05, 3.63) is 24.3 Å². The Bertz CT molecular complexity index is 465. The Morgan fingerprint density at radius 3 is 2.52 bits per heavy atom. The standard InChI is InChI=1S/C15H20F2N2S2/c1-10-4-2-3-5-13(10)19-15(20)18-11-6-8-12(9-7-11)21-14(16)17/h6-10,13-14H,2-5H2,1H3,(H2,18,19,20)/t10-,13+/m0/s1. The van der Waals surface area contributed by atoms with Gasteiger partial charge in [-0.25, -0.2) is 0 Å². The van der Waals surface area contributed by atoms with Crippen LogP contribution in [0.1, 0.15) is 32.6 Å². The highest BCUT2D eigenvalue weighted by atomic mass is 32.2. The summed E-state index contributed by atoms with van der Waals surface area (Å²) in [7, 11) is 0. The summed E-state index contributed by atoms with van der Waals surface area (Å²) >= 11 is 5.87. The third-order valence-corrected chi connectivity index (χ3v) is 4.71. The zero-order chi connectivity index (χ0) is 15.2. The minimum atomic E-state index is -2.39. The van der Waals surface area contributed by atoms with E-state index in [9.17, 15) is 8.78 Å². The summed E-state index contributed by atoms with van der Waals surface area (Å²) in [5.41, 5.74) is 0.814. The van der Waals surface area contributed by atoms with Crippen LogP contribution in [0.15, 0.2) is 29.2 Å². The molecule has 0 radical (unpaired) electrons. The van der Waals surface area contributed by atoms with Crippen LogP contribution in [0.5, 0.6) is 0 Å². The molecule has 1 aromatic carbocycles. The summed E-state index contributed by atoms with van der Waals surface area (Å²) in [6, 6.07) is 7.30. The minimum absolute atomic E-state index is 0.424. The number of hydrogen-bond acceptors (Lipinski definition) is 2. The lowest BCUT2D eigenvalue weighted by molar-refractivity contribution is 0.252. The Kier molecular flexibility index (Phi) is 6.23. The van der Waals surface area contributed by atoms with Crippen LogP contribution in [0.3, 0.4) is 0 Å². The van der Waals surface area contributed by atoms with E-state index < -0.39 is 5.76 Å². The molecule has 0 saturated heterocycles. The van der Waals surface area contributed by atoms with Gasteiger partial charge in [-0.3, -0.25) is 0 Å². The van der Waals surface area contributed by atoms with Gasteiger partial charge in [-0.15, -0.1) is 0 Å². The van der Waals surface area contributed by atoms with E-state index in [1.165, 1.54) is 19.3 Å². The van der Waals surface area contributed by atoms with Crippen molar-refractivity contribution in [1.82, 2.24) is 5.32 Å². The molecule has 0 spiro atoms. The third-order valence-electron chi connectivity index (χ3n) is 3.77. The second kappa shape index (κ2) is 7.94. The van der Waals surface area contributed by atoms with Crippen LogP contribution in [-0.4, -0.2) is 16.9 Å². The van der Waals surface area contributed by atoms with Crippen LogP contribution in [-0.2, 0) is 0 Å². The van der Waals surface area contributed by atoms with Crippen molar-refractivity contribution >= 4 is 34.8 Å². The molecule has 0 heterocycles. The van der Waals surface area contributed by atoms with Crippen LogP contribution in [0, 0.1) is 5.92 Å². The third kappa shape index (κ3) is 5.43. The summed E-state index contributed by atoms with van der Waals surface area (Å²) in [4.78, 5) is 0.551. The van der Waals surface area contributed by atoms with Crippen LogP contribution in [0.2, 0.25) is 0 Å². The predicted molar refractivity (Wildman–Crippen MR) is 89.1 cm³/mol. The van der Waals surface area contributed by atoms with Crippen LogP contribution in [0.25, 0.3) is 0 Å². The van der Waals surface area contributed by atoms with E-state index in [4.69, 9.17) is 12.2 Å². The lowest BCUT2D eigenvalue weighted by Gasteiger charge is -2.30. The number of rotatable bonds is 4. The molecule has 1 aliphatic rings.